The van der Waals surface area contributed by atoms with Gasteiger partial charge in [0, 0.05) is 13.2 Å². The molecule has 0 bridgehead atoms. The Morgan fingerprint density at radius 3 is 2.60 bits per heavy atom. The predicted octanol–water partition coefficient (Wildman–Crippen LogP) is 1.41. The molecule has 0 aromatic heterocycles. The molecule has 0 aromatic rings. The highest BCUT2D eigenvalue weighted by Gasteiger charge is 2.11. The third-order valence-corrected chi connectivity index (χ3v) is 1.53. The Hall–Kier alpha value is -0.0800. The van der Waals surface area contributed by atoms with Gasteiger partial charge in [0.15, 0.2) is 0 Å². The highest BCUT2D eigenvalue weighted by atomic mass is 16.5. The quantitative estimate of drug-likeness (QED) is 0.634. The predicted molar refractivity (Wildman–Crippen MR) is 44.2 cm³/mol. The summed E-state index contributed by atoms with van der Waals surface area (Å²) in [6.45, 7) is 6.05. The second kappa shape index (κ2) is 7.03. The van der Waals surface area contributed by atoms with Crippen LogP contribution in [0.5, 0.6) is 0 Å². The van der Waals surface area contributed by atoms with Gasteiger partial charge in [-0.25, -0.2) is 0 Å². The van der Waals surface area contributed by atoms with Crippen LogP contribution in [-0.2, 0) is 4.74 Å². The van der Waals surface area contributed by atoms with Gasteiger partial charge in [0.1, 0.15) is 0 Å². The average Bonchev–Trinajstić information content (AvgIpc) is 2.46. The number of ether oxygens (including phenoxy) is 1. The molecule has 1 rings (SSSR count). The first-order valence-corrected chi connectivity index (χ1v) is 4.16. The lowest BCUT2D eigenvalue weighted by Gasteiger charge is -2.05. The molecule has 1 aliphatic rings. The topological polar surface area (TPSA) is 21.3 Å². The van der Waals surface area contributed by atoms with E-state index < -0.39 is 0 Å². The average molecular weight is 145 g/mol. The van der Waals surface area contributed by atoms with Crippen molar-refractivity contribution in [2.45, 2.75) is 32.7 Å². The summed E-state index contributed by atoms with van der Waals surface area (Å²) in [5.41, 5.74) is 0. The number of nitrogens with one attached hydrogen (secondary N) is 1. The summed E-state index contributed by atoms with van der Waals surface area (Å²) in [7, 11) is 1.75. The van der Waals surface area contributed by atoms with Crippen LogP contribution in [0.15, 0.2) is 0 Å². The summed E-state index contributed by atoms with van der Waals surface area (Å²) in [4.78, 5) is 0. The van der Waals surface area contributed by atoms with Crippen molar-refractivity contribution in [3.8, 4) is 0 Å². The Bertz CT molecular complexity index is 60.3. The van der Waals surface area contributed by atoms with Gasteiger partial charge in [0.2, 0.25) is 0 Å². The van der Waals surface area contributed by atoms with Gasteiger partial charge in [0.05, 0.1) is 6.61 Å². The standard InChI is InChI=1S/C6H13NO.C2H6/c1-8-5-6-3-2-4-7-6;1-2/h6-7H,2-5H2,1H3;1-2H3. The van der Waals surface area contributed by atoms with E-state index in [-0.39, 0.29) is 0 Å². The zero-order valence-electron chi connectivity index (χ0n) is 7.31. The summed E-state index contributed by atoms with van der Waals surface area (Å²) in [6, 6.07) is 0.639. The zero-order valence-corrected chi connectivity index (χ0v) is 7.31. The van der Waals surface area contributed by atoms with Crippen molar-refractivity contribution in [2.75, 3.05) is 20.3 Å². The fourth-order valence-corrected chi connectivity index (χ4v) is 1.10. The number of hydrogen-bond acceptors (Lipinski definition) is 2. The molecule has 0 saturated carbocycles. The number of rotatable bonds is 2. The van der Waals surface area contributed by atoms with E-state index >= 15 is 0 Å². The van der Waals surface area contributed by atoms with Gasteiger partial charge in [-0.05, 0) is 19.4 Å². The molecule has 1 unspecified atom stereocenters. The lowest BCUT2D eigenvalue weighted by Crippen LogP contribution is -2.25. The van der Waals surface area contributed by atoms with E-state index in [4.69, 9.17) is 4.74 Å². The molecule has 10 heavy (non-hydrogen) atoms. The van der Waals surface area contributed by atoms with Crippen LogP contribution in [0.4, 0.5) is 0 Å². The second-order valence-corrected chi connectivity index (χ2v) is 2.25. The maximum atomic E-state index is 4.96. The molecule has 0 spiro atoms. The Morgan fingerprint density at radius 2 is 2.20 bits per heavy atom. The smallest absolute Gasteiger partial charge is 0.0615 e. The molecule has 2 heteroatoms. The van der Waals surface area contributed by atoms with Crippen LogP contribution in [0.25, 0.3) is 0 Å². The Balaban J connectivity index is 0.000000371. The summed E-state index contributed by atoms with van der Waals surface area (Å²) < 4.78 is 4.96. The minimum atomic E-state index is 0.639. The second-order valence-electron chi connectivity index (χ2n) is 2.25. The third kappa shape index (κ3) is 3.85. The molecule has 2 nitrogen and oxygen atoms in total. The lowest BCUT2D eigenvalue weighted by molar-refractivity contribution is 0.173. The van der Waals surface area contributed by atoms with Crippen LogP contribution >= 0.6 is 0 Å². The van der Waals surface area contributed by atoms with Crippen LogP contribution in [-0.4, -0.2) is 26.3 Å². The first-order chi connectivity index (χ1) is 4.93. The van der Waals surface area contributed by atoms with Gasteiger partial charge < -0.3 is 10.1 Å². The first-order valence-electron chi connectivity index (χ1n) is 4.16. The largest absolute Gasteiger partial charge is 0.383 e. The van der Waals surface area contributed by atoms with Crippen LogP contribution in [0, 0.1) is 0 Å². The highest BCUT2D eigenvalue weighted by molar-refractivity contribution is 4.72. The molecule has 0 aromatic carbocycles. The Kier molecular flexibility index (Phi) is 6.98. The normalized spacial score (nSPS) is 23.7. The van der Waals surface area contributed by atoms with Crippen molar-refractivity contribution < 1.29 is 4.74 Å². The Labute approximate surface area is 64.0 Å². The molecule has 0 amide bonds. The van der Waals surface area contributed by atoms with Crippen molar-refractivity contribution in [3.05, 3.63) is 0 Å². The van der Waals surface area contributed by atoms with E-state index in [9.17, 15) is 0 Å². The molecule has 1 atom stereocenters. The van der Waals surface area contributed by atoms with Gasteiger partial charge in [0.25, 0.3) is 0 Å². The molecule has 0 radical (unpaired) electrons. The van der Waals surface area contributed by atoms with Gasteiger partial charge in [-0.1, -0.05) is 13.8 Å². The third-order valence-electron chi connectivity index (χ3n) is 1.53. The molecule has 62 valence electrons. The van der Waals surface area contributed by atoms with Gasteiger partial charge in [-0.15, -0.1) is 0 Å². The van der Waals surface area contributed by atoms with E-state index in [0.29, 0.717) is 6.04 Å². The van der Waals surface area contributed by atoms with Gasteiger partial charge >= 0.3 is 0 Å². The molecule has 1 fully saturated rings. The fourth-order valence-electron chi connectivity index (χ4n) is 1.10. The molecule has 1 aliphatic heterocycles. The van der Waals surface area contributed by atoms with Crippen LogP contribution in [0.3, 0.4) is 0 Å². The molecule has 0 aliphatic carbocycles. The van der Waals surface area contributed by atoms with Gasteiger partial charge in [-0.2, -0.15) is 0 Å². The van der Waals surface area contributed by atoms with Crippen LogP contribution in [0.2, 0.25) is 0 Å². The maximum Gasteiger partial charge on any atom is 0.0615 e. The molecular weight excluding hydrogens is 126 g/mol. The summed E-state index contributed by atoms with van der Waals surface area (Å²) >= 11 is 0. The van der Waals surface area contributed by atoms with E-state index in [2.05, 4.69) is 5.32 Å². The lowest BCUT2D eigenvalue weighted by atomic mass is 10.2. The van der Waals surface area contributed by atoms with Gasteiger partial charge in [-0.3, -0.25) is 0 Å². The summed E-state index contributed by atoms with van der Waals surface area (Å²) in [5, 5.41) is 3.33. The van der Waals surface area contributed by atoms with E-state index in [1.165, 1.54) is 19.4 Å². The van der Waals surface area contributed by atoms with E-state index in [1.54, 1.807) is 7.11 Å². The molecular formula is C8H19NO. The maximum absolute atomic E-state index is 4.96. The number of hydrogen-bond donors (Lipinski definition) is 1. The molecule has 1 N–H and O–H groups in total. The van der Waals surface area contributed by atoms with E-state index in [1.807, 2.05) is 13.8 Å². The summed E-state index contributed by atoms with van der Waals surface area (Å²) in [5.74, 6) is 0. The molecule has 1 saturated heterocycles. The van der Waals surface area contributed by atoms with E-state index in [0.717, 1.165) is 6.61 Å². The van der Waals surface area contributed by atoms with Crippen LogP contribution < -0.4 is 5.32 Å². The van der Waals surface area contributed by atoms with Crippen molar-refractivity contribution >= 4 is 0 Å². The summed E-state index contributed by atoms with van der Waals surface area (Å²) in [6.07, 6.45) is 2.60. The fraction of sp³-hybridized carbons (Fsp3) is 1.00. The minimum Gasteiger partial charge on any atom is -0.383 e. The number of methoxy groups -OCH3 is 1. The molecule has 1 heterocycles. The first kappa shape index (κ1) is 9.92. The minimum absolute atomic E-state index is 0.639. The highest BCUT2D eigenvalue weighted by Crippen LogP contribution is 2.03. The SMILES string of the molecule is CC.COCC1CCCN1. The van der Waals surface area contributed by atoms with Crippen molar-refractivity contribution in [2.24, 2.45) is 0 Å². The van der Waals surface area contributed by atoms with Crippen molar-refractivity contribution in [3.63, 3.8) is 0 Å². The zero-order chi connectivity index (χ0) is 7.82. The van der Waals surface area contributed by atoms with Crippen molar-refractivity contribution in [1.82, 2.24) is 5.32 Å². The monoisotopic (exact) mass is 145 g/mol. The Morgan fingerprint density at radius 1 is 1.50 bits per heavy atom. The van der Waals surface area contributed by atoms with Crippen molar-refractivity contribution in [1.29, 1.82) is 0 Å². The van der Waals surface area contributed by atoms with Crippen LogP contribution in [0.1, 0.15) is 26.7 Å².